The number of halogens is 1. The lowest BCUT2D eigenvalue weighted by atomic mass is 9.97. The number of carbonyl (C=O) groups excluding carboxylic acids is 1. The quantitative estimate of drug-likeness (QED) is 0.920. The lowest BCUT2D eigenvalue weighted by Gasteiger charge is -2.20. The Hall–Kier alpha value is -1.42. The molecule has 110 valence electrons. The summed E-state index contributed by atoms with van der Waals surface area (Å²) in [4.78, 5) is 14.1. The molecule has 3 atom stereocenters. The summed E-state index contributed by atoms with van der Waals surface area (Å²) in [6.07, 6.45) is 0.939. The van der Waals surface area contributed by atoms with E-state index in [0.29, 0.717) is 13.0 Å². The second-order valence-corrected chi connectivity index (χ2v) is 5.79. The van der Waals surface area contributed by atoms with Crippen molar-refractivity contribution in [3.63, 3.8) is 0 Å². The van der Waals surface area contributed by atoms with Gasteiger partial charge in [-0.2, -0.15) is 0 Å². The Bertz CT molecular complexity index is 458. The number of hydrogen-bond donors (Lipinski definition) is 1. The first-order valence-electron chi connectivity index (χ1n) is 7.18. The van der Waals surface area contributed by atoms with Crippen molar-refractivity contribution in [2.75, 3.05) is 13.1 Å². The van der Waals surface area contributed by atoms with Crippen LogP contribution in [0.4, 0.5) is 4.39 Å². The van der Waals surface area contributed by atoms with Crippen LogP contribution in [0.2, 0.25) is 0 Å². The second kappa shape index (κ2) is 6.35. The molecule has 0 aliphatic carbocycles. The molecule has 4 heteroatoms. The average Bonchev–Trinajstić information content (AvgIpc) is 2.89. The van der Waals surface area contributed by atoms with Crippen molar-refractivity contribution in [3.8, 4) is 0 Å². The van der Waals surface area contributed by atoms with E-state index in [0.717, 1.165) is 18.5 Å². The first-order chi connectivity index (χ1) is 9.47. The smallest absolute Gasteiger partial charge is 0.223 e. The van der Waals surface area contributed by atoms with Gasteiger partial charge in [-0.15, -0.1) is 0 Å². The zero-order valence-corrected chi connectivity index (χ0v) is 12.1. The van der Waals surface area contributed by atoms with Crippen molar-refractivity contribution in [1.29, 1.82) is 0 Å². The molecule has 0 bridgehead atoms. The van der Waals surface area contributed by atoms with Crippen LogP contribution in [0.5, 0.6) is 0 Å². The average molecular weight is 279 g/mol. The van der Waals surface area contributed by atoms with Gasteiger partial charge in [0, 0.05) is 25.4 Å². The molecular formula is C16H22FNO2. The van der Waals surface area contributed by atoms with Crippen LogP contribution in [0, 0.1) is 11.7 Å². The molecule has 0 saturated carbocycles. The van der Waals surface area contributed by atoms with Gasteiger partial charge in [0.05, 0.1) is 6.10 Å². The van der Waals surface area contributed by atoms with Gasteiger partial charge in [-0.1, -0.05) is 19.1 Å². The fourth-order valence-electron chi connectivity index (χ4n) is 2.71. The Morgan fingerprint density at radius 2 is 2.05 bits per heavy atom. The Kier molecular flexibility index (Phi) is 4.76. The molecule has 1 aliphatic heterocycles. The van der Waals surface area contributed by atoms with Crippen molar-refractivity contribution in [2.24, 2.45) is 5.92 Å². The van der Waals surface area contributed by atoms with Gasteiger partial charge >= 0.3 is 0 Å². The Labute approximate surface area is 119 Å². The van der Waals surface area contributed by atoms with E-state index in [-0.39, 0.29) is 29.7 Å². The minimum absolute atomic E-state index is 0.0775. The summed E-state index contributed by atoms with van der Waals surface area (Å²) in [5.74, 6) is 0.130. The first kappa shape index (κ1) is 15.0. The first-order valence-corrected chi connectivity index (χ1v) is 7.18. The highest BCUT2D eigenvalue weighted by Gasteiger charge is 2.29. The molecule has 1 heterocycles. The van der Waals surface area contributed by atoms with Crippen LogP contribution in [-0.4, -0.2) is 35.1 Å². The third-order valence-electron chi connectivity index (χ3n) is 4.18. The molecule has 1 aromatic carbocycles. The van der Waals surface area contributed by atoms with Crippen LogP contribution >= 0.6 is 0 Å². The van der Waals surface area contributed by atoms with Crippen LogP contribution in [0.25, 0.3) is 0 Å². The van der Waals surface area contributed by atoms with Gasteiger partial charge in [0.25, 0.3) is 0 Å². The number of hydrogen-bond acceptors (Lipinski definition) is 2. The van der Waals surface area contributed by atoms with Gasteiger partial charge in [0.2, 0.25) is 5.91 Å². The predicted octanol–water partition coefficient (Wildman–Crippen LogP) is 2.55. The third-order valence-corrected chi connectivity index (χ3v) is 4.18. The predicted molar refractivity (Wildman–Crippen MR) is 75.8 cm³/mol. The van der Waals surface area contributed by atoms with E-state index in [4.69, 9.17) is 0 Å². The minimum atomic E-state index is -0.359. The molecule has 1 N–H and O–H groups in total. The summed E-state index contributed by atoms with van der Waals surface area (Å²) in [5.41, 5.74) is 0.978. The van der Waals surface area contributed by atoms with Crippen LogP contribution in [0.3, 0.4) is 0 Å². The van der Waals surface area contributed by atoms with Crippen LogP contribution in [0.1, 0.15) is 38.2 Å². The highest BCUT2D eigenvalue weighted by Crippen LogP contribution is 2.24. The zero-order chi connectivity index (χ0) is 14.7. The fourth-order valence-corrected chi connectivity index (χ4v) is 2.71. The van der Waals surface area contributed by atoms with Gasteiger partial charge in [-0.25, -0.2) is 4.39 Å². The van der Waals surface area contributed by atoms with Crippen molar-refractivity contribution in [1.82, 2.24) is 4.90 Å². The van der Waals surface area contributed by atoms with E-state index in [1.807, 2.05) is 11.8 Å². The molecule has 1 fully saturated rings. The largest absolute Gasteiger partial charge is 0.393 e. The van der Waals surface area contributed by atoms with Gasteiger partial charge in [0.1, 0.15) is 5.82 Å². The van der Waals surface area contributed by atoms with Gasteiger partial charge < -0.3 is 10.0 Å². The summed E-state index contributed by atoms with van der Waals surface area (Å²) in [5, 5.41) is 9.56. The third kappa shape index (κ3) is 3.57. The van der Waals surface area contributed by atoms with E-state index in [1.54, 1.807) is 19.1 Å². The topological polar surface area (TPSA) is 40.5 Å². The minimum Gasteiger partial charge on any atom is -0.393 e. The van der Waals surface area contributed by atoms with Crippen LogP contribution in [0.15, 0.2) is 24.3 Å². The number of carbonyl (C=O) groups is 1. The molecule has 0 unspecified atom stereocenters. The summed E-state index contributed by atoms with van der Waals surface area (Å²) < 4.78 is 12.9. The molecule has 1 amide bonds. The number of amides is 1. The maximum Gasteiger partial charge on any atom is 0.223 e. The van der Waals surface area contributed by atoms with Crippen LogP contribution in [-0.2, 0) is 4.79 Å². The van der Waals surface area contributed by atoms with E-state index >= 15 is 0 Å². The monoisotopic (exact) mass is 279 g/mol. The van der Waals surface area contributed by atoms with E-state index < -0.39 is 0 Å². The molecule has 2 rings (SSSR count). The summed E-state index contributed by atoms with van der Waals surface area (Å²) >= 11 is 0. The number of benzene rings is 1. The Balaban J connectivity index is 1.90. The number of nitrogens with zero attached hydrogens (tertiary/aromatic N) is 1. The van der Waals surface area contributed by atoms with Gasteiger partial charge in [0.15, 0.2) is 0 Å². The highest BCUT2D eigenvalue weighted by atomic mass is 19.1. The maximum atomic E-state index is 12.9. The number of likely N-dealkylation sites (tertiary alicyclic amines) is 1. The van der Waals surface area contributed by atoms with Gasteiger partial charge in [-0.05, 0) is 37.0 Å². The molecule has 1 aromatic rings. The number of aliphatic hydroxyl groups is 1. The lowest BCUT2D eigenvalue weighted by Crippen LogP contribution is -2.31. The number of aliphatic hydroxyl groups excluding tert-OH is 1. The molecule has 0 radical (unpaired) electrons. The SMILES string of the molecule is C[C@H](CC(=O)N1CC[C@H]([C@@H](C)O)C1)c1ccc(F)cc1. The molecule has 0 spiro atoms. The van der Waals surface area contributed by atoms with Crippen molar-refractivity contribution >= 4 is 5.91 Å². The van der Waals surface area contributed by atoms with E-state index in [1.165, 1.54) is 12.1 Å². The van der Waals surface area contributed by atoms with Crippen molar-refractivity contribution in [2.45, 2.75) is 38.7 Å². The molecule has 0 aromatic heterocycles. The Morgan fingerprint density at radius 1 is 1.40 bits per heavy atom. The summed E-state index contributed by atoms with van der Waals surface area (Å²) in [7, 11) is 0. The molecule has 20 heavy (non-hydrogen) atoms. The summed E-state index contributed by atoms with van der Waals surface area (Å²) in [6.45, 7) is 5.13. The van der Waals surface area contributed by atoms with E-state index in [2.05, 4.69) is 0 Å². The molecule has 3 nitrogen and oxygen atoms in total. The van der Waals surface area contributed by atoms with Gasteiger partial charge in [-0.3, -0.25) is 4.79 Å². The zero-order valence-electron chi connectivity index (χ0n) is 12.1. The fraction of sp³-hybridized carbons (Fsp3) is 0.562. The van der Waals surface area contributed by atoms with Crippen LogP contribution < -0.4 is 0 Å². The normalized spacial score (nSPS) is 21.8. The summed E-state index contributed by atoms with van der Waals surface area (Å²) in [6, 6.07) is 6.32. The highest BCUT2D eigenvalue weighted by molar-refractivity contribution is 5.77. The van der Waals surface area contributed by atoms with Crippen molar-refractivity contribution in [3.05, 3.63) is 35.6 Å². The van der Waals surface area contributed by atoms with E-state index in [9.17, 15) is 14.3 Å². The molecule has 1 aliphatic rings. The molecule has 1 saturated heterocycles. The standard InChI is InChI=1S/C16H22FNO2/c1-11(13-3-5-15(17)6-4-13)9-16(20)18-8-7-14(10-18)12(2)19/h3-6,11-12,14,19H,7-10H2,1-2H3/t11-,12-,14+/m1/s1. The molecular weight excluding hydrogens is 257 g/mol. The Morgan fingerprint density at radius 3 is 2.60 bits per heavy atom. The lowest BCUT2D eigenvalue weighted by molar-refractivity contribution is -0.130. The van der Waals surface area contributed by atoms with Crippen molar-refractivity contribution < 1.29 is 14.3 Å². The maximum absolute atomic E-state index is 12.9. The number of rotatable bonds is 4. The second-order valence-electron chi connectivity index (χ2n) is 5.79.